The number of alkyl halides is 3. The summed E-state index contributed by atoms with van der Waals surface area (Å²) in [5.41, 5.74) is -1.34. The molecule has 1 N–H and O–H groups in total. The van der Waals surface area contributed by atoms with Gasteiger partial charge in [0, 0.05) is 12.7 Å². The molecule has 118 valence electrons. The van der Waals surface area contributed by atoms with Crippen molar-refractivity contribution < 1.29 is 13.2 Å². The third-order valence-electron chi connectivity index (χ3n) is 3.48. The van der Waals surface area contributed by atoms with Gasteiger partial charge in [0.05, 0.1) is 17.8 Å². The summed E-state index contributed by atoms with van der Waals surface area (Å²) >= 11 is 0. The highest BCUT2D eigenvalue weighted by molar-refractivity contribution is 5.08. The van der Waals surface area contributed by atoms with E-state index in [4.69, 9.17) is 0 Å². The van der Waals surface area contributed by atoms with Gasteiger partial charge in [0.25, 0.3) is 0 Å². The molecule has 1 heterocycles. The first-order valence-corrected chi connectivity index (χ1v) is 7.13. The SMILES string of the molecule is CCCNC(C#N)(CC)CCCn1cc(C(F)(F)F)cn1. The molecule has 0 fully saturated rings. The predicted octanol–water partition coefficient (Wildman–Crippen LogP) is 3.35. The minimum atomic E-state index is -4.36. The van der Waals surface area contributed by atoms with Crippen LogP contribution in [0, 0.1) is 11.3 Å². The second kappa shape index (κ2) is 7.46. The summed E-state index contributed by atoms with van der Waals surface area (Å²) in [5.74, 6) is 0. The van der Waals surface area contributed by atoms with E-state index in [9.17, 15) is 18.4 Å². The molecule has 1 aromatic rings. The van der Waals surface area contributed by atoms with E-state index in [1.54, 1.807) is 0 Å². The van der Waals surface area contributed by atoms with Gasteiger partial charge < -0.3 is 0 Å². The molecule has 0 aliphatic heterocycles. The number of hydrogen-bond donors (Lipinski definition) is 1. The van der Waals surface area contributed by atoms with E-state index >= 15 is 0 Å². The molecule has 0 radical (unpaired) electrons. The van der Waals surface area contributed by atoms with Crippen LogP contribution in [0.5, 0.6) is 0 Å². The quantitative estimate of drug-likeness (QED) is 0.801. The molecule has 0 aliphatic carbocycles. The summed E-state index contributed by atoms with van der Waals surface area (Å²) in [6, 6.07) is 2.30. The molecule has 21 heavy (non-hydrogen) atoms. The van der Waals surface area contributed by atoms with Crippen molar-refractivity contribution in [3.8, 4) is 6.07 Å². The molecule has 1 unspecified atom stereocenters. The zero-order valence-electron chi connectivity index (χ0n) is 12.4. The minimum absolute atomic E-state index is 0.368. The second-order valence-electron chi connectivity index (χ2n) is 5.07. The molecule has 7 heteroatoms. The molecule has 0 amide bonds. The number of halogens is 3. The first-order chi connectivity index (χ1) is 9.87. The monoisotopic (exact) mass is 302 g/mol. The van der Waals surface area contributed by atoms with Crippen LogP contribution in [-0.2, 0) is 12.7 Å². The Balaban J connectivity index is 2.55. The number of aromatic nitrogens is 2. The number of nitriles is 1. The van der Waals surface area contributed by atoms with Gasteiger partial charge in [-0.2, -0.15) is 23.5 Å². The molecular formula is C14H21F3N4. The fourth-order valence-corrected chi connectivity index (χ4v) is 2.10. The molecule has 1 atom stereocenters. The van der Waals surface area contributed by atoms with Gasteiger partial charge >= 0.3 is 6.18 Å². The lowest BCUT2D eigenvalue weighted by Crippen LogP contribution is -2.43. The van der Waals surface area contributed by atoms with Gasteiger partial charge in [-0.1, -0.05) is 13.8 Å². The fourth-order valence-electron chi connectivity index (χ4n) is 2.10. The highest BCUT2D eigenvalue weighted by Crippen LogP contribution is 2.28. The van der Waals surface area contributed by atoms with Crippen molar-refractivity contribution in [2.75, 3.05) is 6.54 Å². The minimum Gasteiger partial charge on any atom is -0.299 e. The maximum Gasteiger partial charge on any atom is 0.419 e. The number of hydrogen-bond acceptors (Lipinski definition) is 3. The summed E-state index contributed by atoms with van der Waals surface area (Å²) in [6.45, 7) is 5.07. The smallest absolute Gasteiger partial charge is 0.299 e. The average molecular weight is 302 g/mol. The third kappa shape index (κ3) is 5.05. The van der Waals surface area contributed by atoms with Crippen LogP contribution in [0.4, 0.5) is 13.2 Å². The van der Waals surface area contributed by atoms with Crippen LogP contribution >= 0.6 is 0 Å². The van der Waals surface area contributed by atoms with Gasteiger partial charge in [0.1, 0.15) is 5.54 Å². The molecular weight excluding hydrogens is 281 g/mol. The molecule has 1 rings (SSSR count). The maximum atomic E-state index is 12.5. The summed E-state index contributed by atoms with van der Waals surface area (Å²) in [4.78, 5) is 0. The van der Waals surface area contributed by atoms with Crippen LogP contribution in [0.25, 0.3) is 0 Å². The highest BCUT2D eigenvalue weighted by Gasteiger charge is 2.32. The van der Waals surface area contributed by atoms with E-state index in [0.29, 0.717) is 25.8 Å². The zero-order valence-corrected chi connectivity index (χ0v) is 12.4. The predicted molar refractivity (Wildman–Crippen MR) is 73.4 cm³/mol. The first-order valence-electron chi connectivity index (χ1n) is 7.13. The summed E-state index contributed by atoms with van der Waals surface area (Å²) < 4.78 is 38.6. The summed E-state index contributed by atoms with van der Waals surface area (Å²) in [5, 5.41) is 16.3. The van der Waals surface area contributed by atoms with Crippen molar-refractivity contribution in [1.29, 1.82) is 5.26 Å². The van der Waals surface area contributed by atoms with E-state index in [1.807, 2.05) is 13.8 Å². The molecule has 0 saturated heterocycles. The Labute approximate surface area is 122 Å². The lowest BCUT2D eigenvalue weighted by molar-refractivity contribution is -0.137. The largest absolute Gasteiger partial charge is 0.419 e. The third-order valence-corrected chi connectivity index (χ3v) is 3.48. The Hall–Kier alpha value is -1.55. The van der Waals surface area contributed by atoms with E-state index in [2.05, 4.69) is 16.5 Å². The van der Waals surface area contributed by atoms with E-state index in [-0.39, 0.29) is 0 Å². The van der Waals surface area contributed by atoms with Gasteiger partial charge in [-0.15, -0.1) is 0 Å². The fraction of sp³-hybridized carbons (Fsp3) is 0.714. The van der Waals surface area contributed by atoms with E-state index in [0.717, 1.165) is 25.4 Å². The normalized spacial score (nSPS) is 14.7. The molecule has 0 spiro atoms. The Bertz CT molecular complexity index is 475. The van der Waals surface area contributed by atoms with Gasteiger partial charge in [0.15, 0.2) is 0 Å². The van der Waals surface area contributed by atoms with E-state index in [1.165, 1.54) is 4.68 Å². The second-order valence-corrected chi connectivity index (χ2v) is 5.07. The Kier molecular flexibility index (Phi) is 6.21. The molecule has 0 bridgehead atoms. The summed E-state index contributed by atoms with van der Waals surface area (Å²) in [6.07, 6.45) is 0.235. The van der Waals surface area contributed by atoms with Crippen molar-refractivity contribution >= 4 is 0 Å². The molecule has 0 saturated carbocycles. The topological polar surface area (TPSA) is 53.6 Å². The van der Waals surface area contributed by atoms with Crippen molar-refractivity contribution in [3.05, 3.63) is 18.0 Å². The number of nitrogens with one attached hydrogen (secondary N) is 1. The van der Waals surface area contributed by atoms with Crippen LogP contribution in [-0.4, -0.2) is 21.9 Å². The zero-order chi connectivity index (χ0) is 15.9. The molecule has 1 aromatic heterocycles. The van der Waals surface area contributed by atoms with Crippen LogP contribution in [0.1, 0.15) is 45.1 Å². The van der Waals surface area contributed by atoms with Crippen molar-refractivity contribution in [2.24, 2.45) is 0 Å². The molecule has 4 nitrogen and oxygen atoms in total. The van der Waals surface area contributed by atoms with Crippen LogP contribution < -0.4 is 5.32 Å². The highest BCUT2D eigenvalue weighted by atomic mass is 19.4. The van der Waals surface area contributed by atoms with Gasteiger partial charge in [-0.05, 0) is 32.2 Å². The standard InChI is InChI=1S/C14H21F3N4/c1-3-7-19-13(4-2,11-18)6-5-8-21-10-12(9-20-21)14(15,16)17/h9-10,19H,3-8H2,1-2H3. The number of aryl methyl sites for hydroxylation is 1. The first kappa shape index (κ1) is 17.5. The van der Waals surface area contributed by atoms with Gasteiger partial charge in [-0.3, -0.25) is 10.00 Å². The number of rotatable bonds is 8. The van der Waals surface area contributed by atoms with E-state index < -0.39 is 17.3 Å². The van der Waals surface area contributed by atoms with Crippen molar-refractivity contribution in [1.82, 2.24) is 15.1 Å². The molecule has 0 aliphatic rings. The Morgan fingerprint density at radius 3 is 2.57 bits per heavy atom. The number of nitrogens with zero attached hydrogens (tertiary/aromatic N) is 3. The van der Waals surface area contributed by atoms with Crippen molar-refractivity contribution in [2.45, 2.75) is 57.8 Å². The Morgan fingerprint density at radius 2 is 2.10 bits per heavy atom. The Morgan fingerprint density at radius 1 is 1.38 bits per heavy atom. The van der Waals surface area contributed by atoms with Crippen LogP contribution in [0.15, 0.2) is 12.4 Å². The van der Waals surface area contributed by atoms with Crippen LogP contribution in [0.3, 0.4) is 0 Å². The maximum absolute atomic E-state index is 12.5. The molecule has 0 aromatic carbocycles. The van der Waals surface area contributed by atoms with Crippen LogP contribution in [0.2, 0.25) is 0 Å². The lowest BCUT2D eigenvalue weighted by Gasteiger charge is -2.26. The van der Waals surface area contributed by atoms with Crippen molar-refractivity contribution in [3.63, 3.8) is 0 Å². The lowest BCUT2D eigenvalue weighted by atomic mass is 9.92. The average Bonchev–Trinajstić information content (AvgIpc) is 2.92. The van der Waals surface area contributed by atoms with Gasteiger partial charge in [0.2, 0.25) is 0 Å². The summed E-state index contributed by atoms with van der Waals surface area (Å²) in [7, 11) is 0. The van der Waals surface area contributed by atoms with Gasteiger partial charge in [-0.25, -0.2) is 0 Å².